The fraction of sp³-hybridized carbons (Fsp3) is 0.296. The number of hydrogen-bond acceptors (Lipinski definition) is 6. The molecule has 2 N–H and O–H groups in total. The number of methoxy groups -OCH3 is 2. The average Bonchev–Trinajstić information content (AvgIpc) is 3.43. The van der Waals surface area contributed by atoms with Gasteiger partial charge in [-0.15, -0.1) is 0 Å². The van der Waals surface area contributed by atoms with Gasteiger partial charge in [0, 0.05) is 29.8 Å². The summed E-state index contributed by atoms with van der Waals surface area (Å²) in [6.45, 7) is 1.78. The molecule has 37 heavy (non-hydrogen) atoms. The first kappa shape index (κ1) is 27.0. The van der Waals surface area contributed by atoms with E-state index in [1.54, 1.807) is 50.6 Å². The number of carbonyl (C=O) groups excluding carboxylic acids is 1. The van der Waals surface area contributed by atoms with Crippen LogP contribution in [0.4, 0.5) is 11.4 Å². The molecule has 0 aliphatic carbocycles. The summed E-state index contributed by atoms with van der Waals surface area (Å²) in [6.07, 6.45) is 2.48. The van der Waals surface area contributed by atoms with Crippen molar-refractivity contribution < 1.29 is 22.7 Å². The highest BCUT2D eigenvalue weighted by atomic mass is 79.9. The summed E-state index contributed by atoms with van der Waals surface area (Å²) < 4.78 is 41.0. The van der Waals surface area contributed by atoms with Crippen LogP contribution in [0.2, 0.25) is 0 Å². The van der Waals surface area contributed by atoms with Gasteiger partial charge in [-0.05, 0) is 83.2 Å². The van der Waals surface area contributed by atoms with Crippen LogP contribution in [-0.2, 0) is 16.4 Å². The van der Waals surface area contributed by atoms with Crippen LogP contribution in [0, 0.1) is 0 Å². The molecule has 0 atom stereocenters. The van der Waals surface area contributed by atoms with E-state index >= 15 is 0 Å². The highest BCUT2D eigenvalue weighted by Crippen LogP contribution is 2.32. The van der Waals surface area contributed by atoms with Gasteiger partial charge in [0.15, 0.2) is 11.5 Å². The third-order valence-corrected chi connectivity index (χ3v) is 8.41. The van der Waals surface area contributed by atoms with Crippen LogP contribution in [0.5, 0.6) is 11.5 Å². The zero-order chi connectivity index (χ0) is 26.4. The monoisotopic (exact) mass is 587 g/mol. The maximum Gasteiger partial charge on any atom is 0.256 e. The molecule has 10 heteroatoms. The van der Waals surface area contributed by atoms with Gasteiger partial charge < -0.3 is 19.7 Å². The molecule has 1 aliphatic heterocycles. The molecular weight excluding hydrogens is 558 g/mol. The minimum absolute atomic E-state index is 0.145. The SMILES string of the molecule is COc1ccc(CCNS(=O)(=O)c2cc(NC(=O)c3ccccc3Br)ccc2N2CCCC2)cc1OC. The van der Waals surface area contributed by atoms with Crippen molar-refractivity contribution in [1.82, 2.24) is 4.72 Å². The number of ether oxygens (including phenoxy) is 2. The minimum Gasteiger partial charge on any atom is -0.493 e. The molecule has 0 saturated carbocycles. The molecule has 8 nitrogen and oxygen atoms in total. The van der Waals surface area contributed by atoms with Crippen LogP contribution in [-0.4, -0.2) is 48.2 Å². The fourth-order valence-electron chi connectivity index (χ4n) is 4.31. The zero-order valence-electron chi connectivity index (χ0n) is 20.8. The predicted molar refractivity (Wildman–Crippen MR) is 148 cm³/mol. The Morgan fingerprint density at radius 1 is 0.973 bits per heavy atom. The highest BCUT2D eigenvalue weighted by molar-refractivity contribution is 9.10. The Labute approximate surface area is 226 Å². The summed E-state index contributed by atoms with van der Waals surface area (Å²) in [4.78, 5) is 15.0. The van der Waals surface area contributed by atoms with Crippen LogP contribution in [0.25, 0.3) is 0 Å². The van der Waals surface area contributed by atoms with Gasteiger partial charge >= 0.3 is 0 Å². The molecule has 0 aromatic heterocycles. The molecule has 0 bridgehead atoms. The third kappa shape index (κ3) is 6.44. The lowest BCUT2D eigenvalue weighted by Crippen LogP contribution is -2.29. The lowest BCUT2D eigenvalue weighted by molar-refractivity contribution is 0.102. The summed E-state index contributed by atoms with van der Waals surface area (Å²) in [5.74, 6) is 0.877. The summed E-state index contributed by atoms with van der Waals surface area (Å²) in [6, 6.07) is 17.6. The number of hydrogen-bond donors (Lipinski definition) is 2. The molecular formula is C27H30BrN3O5S. The quantitative estimate of drug-likeness (QED) is 0.352. The minimum atomic E-state index is -3.87. The molecule has 1 fully saturated rings. The molecule has 0 unspecified atom stereocenters. The van der Waals surface area contributed by atoms with E-state index < -0.39 is 10.0 Å². The van der Waals surface area contributed by atoms with E-state index in [9.17, 15) is 13.2 Å². The summed E-state index contributed by atoms with van der Waals surface area (Å²) in [5.41, 5.74) is 2.41. The molecule has 1 saturated heterocycles. The molecule has 1 heterocycles. The fourth-order valence-corrected chi connectivity index (χ4v) is 6.06. The van der Waals surface area contributed by atoms with E-state index in [4.69, 9.17) is 9.47 Å². The van der Waals surface area contributed by atoms with Crippen LogP contribution < -0.4 is 24.4 Å². The smallest absolute Gasteiger partial charge is 0.256 e. The van der Waals surface area contributed by atoms with E-state index in [1.165, 1.54) is 6.07 Å². The standard InChI is InChI=1S/C27H30BrN3O5S/c1-35-24-12-9-19(17-25(24)36-2)13-14-29-37(33,34)26-18-20(10-11-23(26)31-15-5-6-16-31)30-27(32)21-7-3-4-8-22(21)28/h3-4,7-12,17-18,29H,5-6,13-16H2,1-2H3,(H,30,32). The maximum atomic E-state index is 13.5. The Bertz CT molecular complexity index is 1370. The van der Waals surface area contributed by atoms with Gasteiger partial charge in [0.2, 0.25) is 10.0 Å². The normalized spacial score (nSPS) is 13.4. The Balaban J connectivity index is 1.55. The van der Waals surface area contributed by atoms with E-state index in [1.807, 2.05) is 18.2 Å². The van der Waals surface area contributed by atoms with Crippen LogP contribution in [0.1, 0.15) is 28.8 Å². The van der Waals surface area contributed by atoms with Crippen molar-refractivity contribution in [3.8, 4) is 11.5 Å². The summed E-state index contributed by atoms with van der Waals surface area (Å²) in [5, 5.41) is 2.83. The second-order valence-electron chi connectivity index (χ2n) is 8.65. The number of nitrogens with one attached hydrogen (secondary N) is 2. The van der Waals surface area contributed by atoms with Gasteiger partial charge in [-0.3, -0.25) is 4.79 Å². The van der Waals surface area contributed by atoms with E-state index in [0.717, 1.165) is 31.5 Å². The van der Waals surface area contributed by atoms with Gasteiger partial charge in [0.25, 0.3) is 5.91 Å². The van der Waals surface area contributed by atoms with Crippen LogP contribution in [0.3, 0.4) is 0 Å². The summed E-state index contributed by atoms with van der Waals surface area (Å²) in [7, 11) is -0.736. The molecule has 3 aromatic rings. The highest BCUT2D eigenvalue weighted by Gasteiger charge is 2.25. The molecule has 1 aliphatic rings. The topological polar surface area (TPSA) is 97.0 Å². The number of amides is 1. The number of nitrogens with zero attached hydrogens (tertiary/aromatic N) is 1. The number of anilines is 2. The van der Waals surface area contributed by atoms with Crippen molar-refractivity contribution in [3.05, 3.63) is 76.3 Å². The van der Waals surface area contributed by atoms with Crippen molar-refractivity contribution in [2.24, 2.45) is 0 Å². The van der Waals surface area contributed by atoms with Gasteiger partial charge in [0.1, 0.15) is 4.90 Å². The second-order valence-corrected chi connectivity index (χ2v) is 11.2. The number of sulfonamides is 1. The predicted octanol–water partition coefficient (Wildman–Crippen LogP) is 4.84. The number of carbonyl (C=O) groups is 1. The van der Waals surface area contributed by atoms with Crippen molar-refractivity contribution >= 4 is 43.2 Å². The average molecular weight is 589 g/mol. The van der Waals surface area contributed by atoms with E-state index in [0.29, 0.717) is 39.3 Å². The van der Waals surface area contributed by atoms with Crippen LogP contribution in [0.15, 0.2) is 70.0 Å². The molecule has 4 rings (SSSR count). The Morgan fingerprint density at radius 2 is 1.70 bits per heavy atom. The molecule has 0 radical (unpaired) electrons. The van der Waals surface area contributed by atoms with Crippen molar-refractivity contribution in [2.75, 3.05) is 44.1 Å². The third-order valence-electron chi connectivity index (χ3n) is 6.23. The van der Waals surface area contributed by atoms with Crippen LogP contribution >= 0.6 is 15.9 Å². The van der Waals surface area contributed by atoms with Gasteiger partial charge in [-0.1, -0.05) is 18.2 Å². The Morgan fingerprint density at radius 3 is 2.41 bits per heavy atom. The maximum absolute atomic E-state index is 13.5. The Kier molecular flexibility index (Phi) is 8.73. The molecule has 196 valence electrons. The molecule has 1 amide bonds. The summed E-state index contributed by atoms with van der Waals surface area (Å²) >= 11 is 3.39. The largest absolute Gasteiger partial charge is 0.493 e. The number of benzene rings is 3. The second kappa shape index (κ2) is 12.0. The number of halogens is 1. The lowest BCUT2D eigenvalue weighted by Gasteiger charge is -2.22. The van der Waals surface area contributed by atoms with Gasteiger partial charge in [0.05, 0.1) is 25.5 Å². The van der Waals surface area contributed by atoms with E-state index in [-0.39, 0.29) is 17.3 Å². The molecule has 0 spiro atoms. The first-order valence-corrected chi connectivity index (χ1v) is 14.3. The Hall–Kier alpha value is -3.08. The first-order chi connectivity index (χ1) is 17.8. The van der Waals surface area contributed by atoms with E-state index in [2.05, 4.69) is 30.9 Å². The first-order valence-electron chi connectivity index (χ1n) is 12.0. The molecule has 3 aromatic carbocycles. The number of rotatable bonds is 10. The van der Waals surface area contributed by atoms with Gasteiger partial charge in [-0.2, -0.15) is 0 Å². The zero-order valence-corrected chi connectivity index (χ0v) is 23.2. The van der Waals surface area contributed by atoms with Gasteiger partial charge in [-0.25, -0.2) is 13.1 Å². The van der Waals surface area contributed by atoms with Crippen molar-refractivity contribution in [3.63, 3.8) is 0 Å². The van der Waals surface area contributed by atoms with Crippen molar-refractivity contribution in [1.29, 1.82) is 0 Å². The lowest BCUT2D eigenvalue weighted by atomic mass is 10.1. The van der Waals surface area contributed by atoms with Crippen molar-refractivity contribution in [2.45, 2.75) is 24.2 Å².